The summed E-state index contributed by atoms with van der Waals surface area (Å²) < 4.78 is 4.85. The van der Waals surface area contributed by atoms with Crippen LogP contribution in [0.25, 0.3) is 0 Å². The summed E-state index contributed by atoms with van der Waals surface area (Å²) in [5.74, 6) is -1.14. The first-order valence-corrected chi connectivity index (χ1v) is 5.39. The lowest BCUT2D eigenvalue weighted by Crippen LogP contribution is -2.34. The first-order chi connectivity index (χ1) is 8.56. The van der Waals surface area contributed by atoms with E-state index in [1.165, 1.54) is 12.3 Å². The normalized spacial score (nSPS) is 11.7. The largest absolute Gasteiger partial charge is 0.462 e. The third kappa shape index (κ3) is 3.70. The fourth-order valence-electron chi connectivity index (χ4n) is 1.21. The van der Waals surface area contributed by atoms with Gasteiger partial charge in [-0.3, -0.25) is 4.79 Å². The van der Waals surface area contributed by atoms with Gasteiger partial charge in [0.2, 0.25) is 5.91 Å². The van der Waals surface area contributed by atoms with Gasteiger partial charge in [0.25, 0.3) is 0 Å². The number of rotatable bonds is 6. The van der Waals surface area contributed by atoms with Crippen LogP contribution in [0.4, 0.5) is 5.82 Å². The molecule has 1 aromatic rings. The van der Waals surface area contributed by atoms with Crippen molar-refractivity contribution in [3.05, 3.63) is 23.9 Å². The number of pyridine rings is 1. The van der Waals surface area contributed by atoms with Gasteiger partial charge in [0, 0.05) is 6.20 Å². The summed E-state index contributed by atoms with van der Waals surface area (Å²) in [5.41, 5.74) is 5.14. The first kappa shape index (κ1) is 13.9. The summed E-state index contributed by atoms with van der Waals surface area (Å²) >= 11 is 0. The number of aromatic nitrogens is 1. The molecule has 1 rings (SSSR count). The summed E-state index contributed by atoms with van der Waals surface area (Å²) in [6.45, 7) is 1.81. The SMILES string of the molecule is CCOC(=O)c1cccnc1NCC(O)C(N)=O. The third-order valence-electron chi connectivity index (χ3n) is 2.09. The average molecular weight is 253 g/mol. The standard InChI is InChI=1S/C11H15N3O4/c1-2-18-11(17)7-4-3-5-13-10(7)14-6-8(15)9(12)16/h3-5,8,15H,2,6H2,1H3,(H2,12,16)(H,13,14). The summed E-state index contributed by atoms with van der Waals surface area (Å²) in [7, 11) is 0. The molecule has 0 bridgehead atoms. The fraction of sp³-hybridized carbons (Fsp3) is 0.364. The van der Waals surface area contributed by atoms with Crippen molar-refractivity contribution in [1.82, 2.24) is 4.98 Å². The van der Waals surface area contributed by atoms with E-state index in [1.807, 2.05) is 0 Å². The molecule has 0 aliphatic heterocycles. The van der Waals surface area contributed by atoms with E-state index in [2.05, 4.69) is 10.3 Å². The molecule has 0 radical (unpaired) electrons. The highest BCUT2D eigenvalue weighted by Gasteiger charge is 2.15. The predicted molar refractivity (Wildman–Crippen MR) is 63.9 cm³/mol. The maximum Gasteiger partial charge on any atom is 0.341 e. The minimum absolute atomic E-state index is 0.126. The van der Waals surface area contributed by atoms with Crippen LogP contribution in [-0.2, 0) is 9.53 Å². The van der Waals surface area contributed by atoms with Gasteiger partial charge in [-0.1, -0.05) is 0 Å². The Labute approximate surface area is 104 Å². The molecule has 7 heteroatoms. The number of nitrogens with two attached hydrogens (primary N) is 1. The number of aliphatic hydroxyl groups excluding tert-OH is 1. The van der Waals surface area contributed by atoms with Gasteiger partial charge in [0.1, 0.15) is 17.5 Å². The number of hydrogen-bond donors (Lipinski definition) is 3. The van der Waals surface area contributed by atoms with Gasteiger partial charge in [-0.15, -0.1) is 0 Å². The number of hydrogen-bond acceptors (Lipinski definition) is 6. The maximum absolute atomic E-state index is 11.6. The second-order valence-electron chi connectivity index (χ2n) is 3.42. The van der Waals surface area contributed by atoms with Crippen molar-refractivity contribution in [1.29, 1.82) is 0 Å². The summed E-state index contributed by atoms with van der Waals surface area (Å²) in [4.78, 5) is 26.2. The van der Waals surface area contributed by atoms with Crippen LogP contribution >= 0.6 is 0 Å². The molecule has 1 amide bonds. The van der Waals surface area contributed by atoms with E-state index in [9.17, 15) is 14.7 Å². The minimum atomic E-state index is -1.35. The number of primary amides is 1. The van der Waals surface area contributed by atoms with Crippen molar-refractivity contribution >= 4 is 17.7 Å². The molecule has 0 saturated carbocycles. The van der Waals surface area contributed by atoms with Gasteiger partial charge < -0.3 is 20.9 Å². The van der Waals surface area contributed by atoms with Crippen LogP contribution in [0.1, 0.15) is 17.3 Å². The van der Waals surface area contributed by atoms with E-state index in [1.54, 1.807) is 13.0 Å². The predicted octanol–water partition coefficient (Wildman–Crippen LogP) is -0.484. The number of esters is 1. The van der Waals surface area contributed by atoms with Crippen molar-refractivity contribution in [3.8, 4) is 0 Å². The zero-order valence-electron chi connectivity index (χ0n) is 9.92. The highest BCUT2D eigenvalue weighted by molar-refractivity contribution is 5.94. The van der Waals surface area contributed by atoms with Gasteiger partial charge in [-0.25, -0.2) is 9.78 Å². The summed E-state index contributed by atoms with van der Waals surface area (Å²) in [5, 5.41) is 11.9. The number of carbonyl (C=O) groups is 2. The monoisotopic (exact) mass is 253 g/mol. The Hall–Kier alpha value is -2.15. The first-order valence-electron chi connectivity index (χ1n) is 5.39. The highest BCUT2D eigenvalue weighted by atomic mass is 16.5. The van der Waals surface area contributed by atoms with Crippen molar-refractivity contribution in [2.24, 2.45) is 5.73 Å². The number of anilines is 1. The van der Waals surface area contributed by atoms with Crippen LogP contribution in [0, 0.1) is 0 Å². The van der Waals surface area contributed by atoms with Gasteiger partial charge >= 0.3 is 5.97 Å². The van der Waals surface area contributed by atoms with E-state index < -0.39 is 18.0 Å². The molecule has 18 heavy (non-hydrogen) atoms. The van der Waals surface area contributed by atoms with Gasteiger partial charge in [0.15, 0.2) is 0 Å². The van der Waals surface area contributed by atoms with E-state index in [4.69, 9.17) is 10.5 Å². The van der Waals surface area contributed by atoms with Crippen LogP contribution in [0.3, 0.4) is 0 Å². The average Bonchev–Trinajstić information content (AvgIpc) is 2.36. The molecule has 0 aromatic carbocycles. The molecule has 0 saturated heterocycles. The maximum atomic E-state index is 11.6. The molecule has 4 N–H and O–H groups in total. The second kappa shape index (κ2) is 6.55. The molecule has 0 aliphatic rings. The zero-order chi connectivity index (χ0) is 13.5. The molecule has 1 heterocycles. The van der Waals surface area contributed by atoms with Crippen molar-refractivity contribution in [2.75, 3.05) is 18.5 Å². The Morgan fingerprint density at radius 3 is 2.94 bits per heavy atom. The van der Waals surface area contributed by atoms with Crippen LogP contribution in [-0.4, -0.2) is 41.2 Å². The van der Waals surface area contributed by atoms with Crippen LogP contribution < -0.4 is 11.1 Å². The second-order valence-corrected chi connectivity index (χ2v) is 3.42. The lowest BCUT2D eigenvalue weighted by molar-refractivity contribution is -0.125. The zero-order valence-corrected chi connectivity index (χ0v) is 9.92. The van der Waals surface area contributed by atoms with E-state index in [0.717, 1.165) is 0 Å². The molecule has 1 unspecified atom stereocenters. The van der Waals surface area contributed by atoms with Crippen molar-refractivity contribution in [2.45, 2.75) is 13.0 Å². The van der Waals surface area contributed by atoms with Gasteiger partial charge in [0.05, 0.1) is 13.2 Å². The Balaban J connectivity index is 2.76. The Bertz CT molecular complexity index is 436. The molecule has 1 aromatic heterocycles. The quantitative estimate of drug-likeness (QED) is 0.590. The topological polar surface area (TPSA) is 115 Å². The lowest BCUT2D eigenvalue weighted by atomic mass is 10.2. The van der Waals surface area contributed by atoms with E-state index in [-0.39, 0.29) is 24.5 Å². The number of nitrogens with zero attached hydrogens (tertiary/aromatic N) is 1. The lowest BCUT2D eigenvalue weighted by Gasteiger charge is -2.11. The number of carbonyl (C=O) groups excluding carboxylic acids is 2. The molecule has 0 spiro atoms. The fourth-order valence-corrected chi connectivity index (χ4v) is 1.21. The van der Waals surface area contributed by atoms with Crippen LogP contribution in [0.5, 0.6) is 0 Å². The van der Waals surface area contributed by atoms with Crippen molar-refractivity contribution in [3.63, 3.8) is 0 Å². The van der Waals surface area contributed by atoms with Crippen molar-refractivity contribution < 1.29 is 19.4 Å². The molecule has 7 nitrogen and oxygen atoms in total. The molecule has 1 atom stereocenters. The van der Waals surface area contributed by atoms with Gasteiger partial charge in [-0.2, -0.15) is 0 Å². The number of ether oxygens (including phenoxy) is 1. The van der Waals surface area contributed by atoms with E-state index >= 15 is 0 Å². The Morgan fingerprint density at radius 2 is 2.33 bits per heavy atom. The number of nitrogens with one attached hydrogen (secondary N) is 1. The summed E-state index contributed by atoms with van der Waals surface area (Å²) in [6.07, 6.45) is 0.129. The minimum Gasteiger partial charge on any atom is -0.462 e. The van der Waals surface area contributed by atoms with Gasteiger partial charge in [-0.05, 0) is 19.1 Å². The smallest absolute Gasteiger partial charge is 0.341 e. The number of aliphatic hydroxyl groups is 1. The number of amides is 1. The van der Waals surface area contributed by atoms with Crippen LogP contribution in [0.15, 0.2) is 18.3 Å². The molecular weight excluding hydrogens is 238 g/mol. The third-order valence-corrected chi connectivity index (χ3v) is 2.09. The molecule has 98 valence electrons. The Morgan fingerprint density at radius 1 is 1.61 bits per heavy atom. The molecule has 0 fully saturated rings. The van der Waals surface area contributed by atoms with E-state index in [0.29, 0.717) is 0 Å². The Kier molecular flexibility index (Phi) is 5.06. The highest BCUT2D eigenvalue weighted by Crippen LogP contribution is 2.12. The summed E-state index contributed by atoms with van der Waals surface area (Å²) in [6, 6.07) is 3.12. The molecular formula is C11H15N3O4. The van der Waals surface area contributed by atoms with Crippen LogP contribution in [0.2, 0.25) is 0 Å². The molecule has 0 aliphatic carbocycles.